The highest BCUT2D eigenvalue weighted by atomic mass is 16.2. The number of nitriles is 1. The molecule has 0 heterocycles. The van der Waals surface area contributed by atoms with Crippen molar-refractivity contribution >= 4 is 6.08 Å². The van der Waals surface area contributed by atoms with Gasteiger partial charge in [-0.2, -0.15) is 5.26 Å². The standard InChI is InChI=1S/C12H13NO/c13-9-1-3-11-5-7-12(8-6-11)4-2-10-14/h1,3,5-8,14H,2,4,10H2. The molecule has 0 unspecified atom stereocenters. The van der Waals surface area contributed by atoms with Crippen molar-refractivity contribution in [3.05, 3.63) is 41.5 Å². The number of aryl methyl sites for hydroxylation is 1. The molecule has 1 aromatic carbocycles. The number of rotatable bonds is 4. The van der Waals surface area contributed by atoms with Gasteiger partial charge in [0.25, 0.3) is 0 Å². The topological polar surface area (TPSA) is 44.0 Å². The first-order valence-corrected chi connectivity index (χ1v) is 4.63. The second kappa shape index (κ2) is 5.95. The van der Waals surface area contributed by atoms with E-state index < -0.39 is 0 Å². The van der Waals surface area contributed by atoms with Crippen LogP contribution in [0.15, 0.2) is 30.3 Å². The average Bonchev–Trinajstić information content (AvgIpc) is 2.25. The fraction of sp³-hybridized carbons (Fsp3) is 0.250. The summed E-state index contributed by atoms with van der Waals surface area (Å²) < 4.78 is 0. The Labute approximate surface area is 84.1 Å². The van der Waals surface area contributed by atoms with Crippen molar-refractivity contribution in [1.82, 2.24) is 0 Å². The van der Waals surface area contributed by atoms with Gasteiger partial charge in [0.15, 0.2) is 0 Å². The molecule has 2 heteroatoms. The van der Waals surface area contributed by atoms with E-state index in [1.54, 1.807) is 6.08 Å². The molecular weight excluding hydrogens is 174 g/mol. The molecule has 0 bridgehead atoms. The minimum atomic E-state index is 0.232. The summed E-state index contributed by atoms with van der Waals surface area (Å²) in [5.41, 5.74) is 2.24. The second-order valence-electron chi connectivity index (χ2n) is 3.03. The Morgan fingerprint density at radius 1 is 1.29 bits per heavy atom. The summed E-state index contributed by atoms with van der Waals surface area (Å²) >= 11 is 0. The molecule has 0 aromatic heterocycles. The second-order valence-corrected chi connectivity index (χ2v) is 3.03. The molecule has 72 valence electrons. The third-order valence-electron chi connectivity index (χ3n) is 1.95. The molecule has 2 nitrogen and oxygen atoms in total. The van der Waals surface area contributed by atoms with Gasteiger partial charge in [-0.1, -0.05) is 24.3 Å². The molecule has 0 fully saturated rings. The van der Waals surface area contributed by atoms with Crippen LogP contribution in [0, 0.1) is 11.3 Å². The summed E-state index contributed by atoms with van der Waals surface area (Å²) in [6.45, 7) is 0.232. The number of hydrogen-bond acceptors (Lipinski definition) is 2. The molecule has 0 aliphatic heterocycles. The molecule has 0 radical (unpaired) electrons. The third kappa shape index (κ3) is 3.42. The fourth-order valence-corrected chi connectivity index (χ4v) is 1.21. The highest BCUT2D eigenvalue weighted by Crippen LogP contribution is 2.07. The Morgan fingerprint density at radius 2 is 2.00 bits per heavy atom. The van der Waals surface area contributed by atoms with Crippen molar-refractivity contribution in [2.75, 3.05) is 6.61 Å². The molecule has 1 aromatic rings. The largest absolute Gasteiger partial charge is 0.396 e. The number of benzene rings is 1. The van der Waals surface area contributed by atoms with Gasteiger partial charge in [-0.25, -0.2) is 0 Å². The molecule has 0 saturated heterocycles. The zero-order valence-electron chi connectivity index (χ0n) is 7.98. The van der Waals surface area contributed by atoms with Crippen molar-refractivity contribution in [2.45, 2.75) is 12.8 Å². The van der Waals surface area contributed by atoms with E-state index in [4.69, 9.17) is 10.4 Å². The molecule has 1 N–H and O–H groups in total. The van der Waals surface area contributed by atoms with E-state index in [0.717, 1.165) is 18.4 Å². The lowest BCUT2D eigenvalue weighted by atomic mass is 10.1. The molecule has 0 atom stereocenters. The molecule has 0 spiro atoms. The minimum absolute atomic E-state index is 0.232. The van der Waals surface area contributed by atoms with Gasteiger partial charge in [-0.05, 0) is 30.0 Å². The highest BCUT2D eigenvalue weighted by molar-refractivity contribution is 5.52. The van der Waals surface area contributed by atoms with E-state index >= 15 is 0 Å². The van der Waals surface area contributed by atoms with Crippen LogP contribution in [0.2, 0.25) is 0 Å². The molecule has 0 aliphatic rings. The van der Waals surface area contributed by atoms with Gasteiger partial charge in [0, 0.05) is 12.7 Å². The van der Waals surface area contributed by atoms with Crippen molar-refractivity contribution in [3.8, 4) is 6.07 Å². The van der Waals surface area contributed by atoms with E-state index in [1.807, 2.05) is 30.3 Å². The van der Waals surface area contributed by atoms with Crippen LogP contribution in [0.25, 0.3) is 6.08 Å². The quantitative estimate of drug-likeness (QED) is 0.734. The number of nitrogens with zero attached hydrogens (tertiary/aromatic N) is 1. The van der Waals surface area contributed by atoms with E-state index in [1.165, 1.54) is 11.6 Å². The lowest BCUT2D eigenvalue weighted by molar-refractivity contribution is 0.288. The minimum Gasteiger partial charge on any atom is -0.396 e. The molecule has 0 amide bonds. The summed E-state index contributed by atoms with van der Waals surface area (Å²) in [6, 6.07) is 9.94. The average molecular weight is 187 g/mol. The SMILES string of the molecule is N#CC=Cc1ccc(CCCO)cc1. The predicted molar refractivity (Wildman–Crippen MR) is 56.5 cm³/mol. The Kier molecular flexibility index (Phi) is 4.46. The monoisotopic (exact) mass is 187 g/mol. The maximum atomic E-state index is 8.65. The van der Waals surface area contributed by atoms with Crippen LogP contribution >= 0.6 is 0 Å². The van der Waals surface area contributed by atoms with Crippen LogP contribution < -0.4 is 0 Å². The van der Waals surface area contributed by atoms with Gasteiger partial charge in [0.1, 0.15) is 0 Å². The van der Waals surface area contributed by atoms with Gasteiger partial charge in [0.05, 0.1) is 6.07 Å². The maximum Gasteiger partial charge on any atom is 0.0912 e. The highest BCUT2D eigenvalue weighted by Gasteiger charge is 1.92. The van der Waals surface area contributed by atoms with Crippen LogP contribution in [-0.2, 0) is 6.42 Å². The van der Waals surface area contributed by atoms with E-state index in [0.29, 0.717) is 0 Å². The Hall–Kier alpha value is -1.59. The molecule has 0 saturated carbocycles. The van der Waals surface area contributed by atoms with E-state index in [9.17, 15) is 0 Å². The van der Waals surface area contributed by atoms with Gasteiger partial charge in [-0.15, -0.1) is 0 Å². The fourth-order valence-electron chi connectivity index (χ4n) is 1.21. The molecule has 1 rings (SSSR count). The van der Waals surface area contributed by atoms with Gasteiger partial charge in [-0.3, -0.25) is 0 Å². The Morgan fingerprint density at radius 3 is 2.57 bits per heavy atom. The third-order valence-corrected chi connectivity index (χ3v) is 1.95. The van der Waals surface area contributed by atoms with Crippen LogP contribution in [0.5, 0.6) is 0 Å². The van der Waals surface area contributed by atoms with Crippen LogP contribution in [0.4, 0.5) is 0 Å². The van der Waals surface area contributed by atoms with Gasteiger partial charge >= 0.3 is 0 Å². The molecule has 14 heavy (non-hydrogen) atoms. The van der Waals surface area contributed by atoms with Crippen molar-refractivity contribution < 1.29 is 5.11 Å². The smallest absolute Gasteiger partial charge is 0.0912 e. The Bertz CT molecular complexity index is 332. The summed E-state index contributed by atoms with van der Waals surface area (Å²) in [6.07, 6.45) is 4.94. The molecule has 0 aliphatic carbocycles. The zero-order chi connectivity index (χ0) is 10.2. The summed E-state index contributed by atoms with van der Waals surface area (Å²) in [4.78, 5) is 0. The summed E-state index contributed by atoms with van der Waals surface area (Å²) in [5, 5.41) is 17.0. The van der Waals surface area contributed by atoms with Crippen LogP contribution in [-0.4, -0.2) is 11.7 Å². The number of hydrogen-bond donors (Lipinski definition) is 1. The van der Waals surface area contributed by atoms with Crippen LogP contribution in [0.1, 0.15) is 17.5 Å². The van der Waals surface area contributed by atoms with Gasteiger partial charge in [0.2, 0.25) is 0 Å². The van der Waals surface area contributed by atoms with Crippen molar-refractivity contribution in [3.63, 3.8) is 0 Å². The van der Waals surface area contributed by atoms with Crippen LogP contribution in [0.3, 0.4) is 0 Å². The maximum absolute atomic E-state index is 8.65. The van der Waals surface area contributed by atoms with E-state index in [2.05, 4.69) is 0 Å². The first-order chi connectivity index (χ1) is 6.86. The first-order valence-electron chi connectivity index (χ1n) is 4.63. The van der Waals surface area contributed by atoms with Crippen molar-refractivity contribution in [1.29, 1.82) is 5.26 Å². The number of aliphatic hydroxyl groups excluding tert-OH is 1. The first kappa shape index (κ1) is 10.5. The summed E-state index contributed by atoms with van der Waals surface area (Å²) in [7, 11) is 0. The zero-order valence-corrected chi connectivity index (χ0v) is 7.98. The lowest BCUT2D eigenvalue weighted by Gasteiger charge is -1.99. The van der Waals surface area contributed by atoms with Crippen molar-refractivity contribution in [2.24, 2.45) is 0 Å². The Balaban J connectivity index is 2.60. The normalized spacial score (nSPS) is 10.3. The summed E-state index contributed by atoms with van der Waals surface area (Å²) in [5.74, 6) is 0. The molecular formula is C12H13NO. The predicted octanol–water partition coefficient (Wildman–Crippen LogP) is 2.15. The number of allylic oxidation sites excluding steroid dienone is 1. The number of aliphatic hydroxyl groups is 1. The van der Waals surface area contributed by atoms with E-state index in [-0.39, 0.29) is 6.61 Å². The lowest BCUT2D eigenvalue weighted by Crippen LogP contribution is -1.88. The van der Waals surface area contributed by atoms with Gasteiger partial charge < -0.3 is 5.11 Å².